The van der Waals surface area contributed by atoms with E-state index in [4.69, 9.17) is 16.1 Å². The van der Waals surface area contributed by atoms with Gasteiger partial charge in [0.15, 0.2) is 0 Å². The van der Waals surface area contributed by atoms with Crippen LogP contribution in [0.1, 0.15) is 38.5 Å². The second-order valence-electron chi connectivity index (χ2n) is 4.39. The molecule has 1 heterocycles. The van der Waals surface area contributed by atoms with E-state index in [0.29, 0.717) is 12.5 Å². The molecule has 4 N–H and O–H groups in total. The molecule has 1 fully saturated rings. The largest absolute Gasteiger partial charge is 0.480 e. The van der Waals surface area contributed by atoms with Crippen molar-refractivity contribution < 1.29 is 9.90 Å². The van der Waals surface area contributed by atoms with Crippen LogP contribution < -0.4 is 11.1 Å². The van der Waals surface area contributed by atoms with Gasteiger partial charge in [0.1, 0.15) is 6.04 Å². The van der Waals surface area contributed by atoms with Gasteiger partial charge in [-0.2, -0.15) is 0 Å². The zero-order valence-electron chi connectivity index (χ0n) is 10.7. The van der Waals surface area contributed by atoms with Crippen LogP contribution >= 0.6 is 0 Å². The summed E-state index contributed by atoms with van der Waals surface area (Å²) in [5.74, 6) is -0.933. The van der Waals surface area contributed by atoms with Gasteiger partial charge in [-0.3, -0.25) is 4.79 Å². The van der Waals surface area contributed by atoms with Crippen molar-refractivity contribution in [1.82, 2.24) is 5.32 Å². The predicted octanol–water partition coefficient (Wildman–Crippen LogP) is 1.41. The van der Waals surface area contributed by atoms with Crippen molar-refractivity contribution in [2.45, 2.75) is 50.6 Å². The highest BCUT2D eigenvalue weighted by Gasteiger charge is 2.10. The first-order valence-corrected chi connectivity index (χ1v) is 6.32. The molecule has 2 atom stereocenters. The summed E-state index contributed by atoms with van der Waals surface area (Å²) in [6.45, 7) is 4.60. The summed E-state index contributed by atoms with van der Waals surface area (Å²) in [6.07, 6.45) is 10.4. The Hall–Kier alpha value is -1.38. The van der Waals surface area contributed by atoms with Crippen molar-refractivity contribution in [3.05, 3.63) is 12.2 Å². The molecule has 1 aliphatic heterocycles. The molecule has 1 saturated heterocycles. The molecule has 1 aliphatic rings. The molecule has 0 aliphatic carbocycles. The van der Waals surface area contributed by atoms with Crippen molar-refractivity contribution in [3.8, 4) is 6.57 Å². The Balaban J connectivity index is 0.00000137. The topological polar surface area (TPSA) is 99.1 Å². The molecular formula is C13H23N3O2. The summed E-state index contributed by atoms with van der Waals surface area (Å²) in [4.78, 5) is 10.5. The first-order valence-electron chi connectivity index (χ1n) is 6.32. The number of hydrogen-bond acceptors (Lipinski definition) is 4. The summed E-state index contributed by atoms with van der Waals surface area (Å²) in [6, 6.07) is -0.210. The molecule has 5 nitrogen and oxygen atoms in total. The Morgan fingerprint density at radius 2 is 2.17 bits per heavy atom. The lowest BCUT2D eigenvalue weighted by Crippen LogP contribution is -2.29. The second kappa shape index (κ2) is 10.8. The number of nitrogens with one attached hydrogen (secondary N) is 1. The first-order chi connectivity index (χ1) is 8.70. The number of nitrogens with two attached hydrogens (primary N) is 1. The fourth-order valence-electron chi connectivity index (χ4n) is 1.91. The number of nitrogens with zero attached hydrogens (tertiary/aromatic N) is 1. The molecule has 0 unspecified atom stereocenters. The molecule has 102 valence electrons. The molecule has 0 aromatic heterocycles. The van der Waals surface area contributed by atoms with Gasteiger partial charge < -0.3 is 16.2 Å². The van der Waals surface area contributed by atoms with E-state index in [0.717, 1.165) is 13.0 Å². The molecule has 5 heteroatoms. The van der Waals surface area contributed by atoms with E-state index in [1.165, 1.54) is 25.7 Å². The fourth-order valence-corrected chi connectivity index (χ4v) is 1.91. The highest BCUT2D eigenvalue weighted by atomic mass is 16.4. The minimum atomic E-state index is -0.933. The lowest BCUT2D eigenvalue weighted by molar-refractivity contribution is -0.138. The maximum Gasteiger partial charge on any atom is 0.320 e. The van der Waals surface area contributed by atoms with Gasteiger partial charge in [0.25, 0.3) is 0 Å². The number of rotatable bonds is 5. The fraction of sp³-hybridized carbons (Fsp3) is 0.692. The van der Waals surface area contributed by atoms with E-state index in [9.17, 15) is 4.79 Å². The van der Waals surface area contributed by atoms with E-state index >= 15 is 0 Å². The van der Waals surface area contributed by atoms with Gasteiger partial charge in [-0.05, 0) is 32.2 Å². The maximum atomic E-state index is 10.5. The average molecular weight is 253 g/mol. The molecule has 0 aromatic rings. The van der Waals surface area contributed by atoms with Gasteiger partial charge >= 0.3 is 5.97 Å². The molecule has 0 aromatic carbocycles. The number of aliphatic carboxylic acids is 1. The molecule has 18 heavy (non-hydrogen) atoms. The summed E-state index contributed by atoms with van der Waals surface area (Å²) >= 11 is 0. The van der Waals surface area contributed by atoms with Crippen molar-refractivity contribution in [2.24, 2.45) is 5.73 Å². The quantitative estimate of drug-likeness (QED) is 0.643. The smallest absolute Gasteiger partial charge is 0.320 e. The molecule has 0 spiro atoms. The number of carbonyl (C=O) groups is 1. The van der Waals surface area contributed by atoms with Crippen LogP contribution in [0, 0.1) is 11.8 Å². The van der Waals surface area contributed by atoms with E-state index in [1.54, 1.807) is 0 Å². The molecule has 0 radical (unpaired) electrons. The third-order valence-electron chi connectivity index (χ3n) is 2.96. The van der Waals surface area contributed by atoms with Crippen molar-refractivity contribution in [1.29, 1.82) is 5.26 Å². The zero-order valence-corrected chi connectivity index (χ0v) is 10.7. The van der Waals surface area contributed by atoms with Crippen LogP contribution in [0.25, 0.3) is 0 Å². The highest BCUT2D eigenvalue weighted by Crippen LogP contribution is 2.11. The number of nitriles is 1. The van der Waals surface area contributed by atoms with Gasteiger partial charge in [0.05, 0.1) is 0 Å². The van der Waals surface area contributed by atoms with Crippen molar-refractivity contribution in [3.63, 3.8) is 0 Å². The number of carboxylic acids is 1. The molecule has 0 amide bonds. The van der Waals surface area contributed by atoms with Crippen LogP contribution in [0.2, 0.25) is 0 Å². The zero-order chi connectivity index (χ0) is 13.8. The average Bonchev–Trinajstić information content (AvgIpc) is 2.65. The first kappa shape index (κ1) is 16.6. The Labute approximate surface area is 109 Å². The van der Waals surface area contributed by atoms with E-state index < -0.39 is 12.0 Å². The maximum absolute atomic E-state index is 10.5. The van der Waals surface area contributed by atoms with Gasteiger partial charge in [-0.15, -0.1) is 0 Å². The van der Waals surface area contributed by atoms with Crippen molar-refractivity contribution >= 4 is 5.97 Å². The lowest BCUT2D eigenvalue weighted by Gasteiger charge is -2.12. The van der Waals surface area contributed by atoms with Crippen LogP contribution in [0.5, 0.6) is 0 Å². The Morgan fingerprint density at radius 3 is 2.83 bits per heavy atom. The summed E-state index contributed by atoms with van der Waals surface area (Å²) < 4.78 is 0. The summed E-state index contributed by atoms with van der Waals surface area (Å²) in [5, 5.41) is 18.6. The standard InChI is InChI=1S/C12H22N2O2.CHN/c13-11(12(15)16)8-4-3-7-10-6-2-1-5-9-14-10;1-2/h3-4,10-11,14H,1-2,5-9,13H2,(H,15,16);1H/b4-3-;/t10-,11+;/m1./s1. The van der Waals surface area contributed by atoms with Gasteiger partial charge in [-0.25, -0.2) is 5.26 Å². The van der Waals surface area contributed by atoms with E-state index in [2.05, 4.69) is 11.9 Å². The second-order valence-corrected chi connectivity index (χ2v) is 4.39. The van der Waals surface area contributed by atoms with E-state index in [-0.39, 0.29) is 0 Å². The Bertz CT molecular complexity index is 269. The van der Waals surface area contributed by atoms with Crippen LogP contribution in [-0.4, -0.2) is 29.7 Å². The molecule has 0 saturated carbocycles. The highest BCUT2D eigenvalue weighted by molar-refractivity contribution is 5.73. The lowest BCUT2D eigenvalue weighted by atomic mass is 10.1. The normalized spacial score (nSPS) is 21.6. The van der Waals surface area contributed by atoms with Crippen LogP contribution in [0.4, 0.5) is 0 Å². The van der Waals surface area contributed by atoms with Gasteiger partial charge in [-0.1, -0.05) is 25.0 Å². The van der Waals surface area contributed by atoms with Gasteiger partial charge in [0, 0.05) is 12.6 Å². The third kappa shape index (κ3) is 7.82. The third-order valence-corrected chi connectivity index (χ3v) is 2.96. The minimum Gasteiger partial charge on any atom is -0.480 e. The Morgan fingerprint density at radius 1 is 1.44 bits per heavy atom. The van der Waals surface area contributed by atoms with Crippen LogP contribution in [0.3, 0.4) is 0 Å². The SMILES string of the molecule is C#N.N[C@@H](C/C=C\C[C@H]1CCCCCN1)C(=O)O. The number of carboxylic acid groups (broad SMARTS) is 1. The van der Waals surface area contributed by atoms with Gasteiger partial charge in [0.2, 0.25) is 0 Å². The number of hydrogen-bond donors (Lipinski definition) is 3. The molecule has 0 bridgehead atoms. The van der Waals surface area contributed by atoms with Crippen LogP contribution in [-0.2, 0) is 4.79 Å². The van der Waals surface area contributed by atoms with E-state index in [1.807, 2.05) is 12.2 Å². The van der Waals surface area contributed by atoms with Crippen LogP contribution in [0.15, 0.2) is 12.2 Å². The summed E-state index contributed by atoms with van der Waals surface area (Å²) in [7, 11) is 0. The van der Waals surface area contributed by atoms with Crippen molar-refractivity contribution in [2.75, 3.05) is 6.54 Å². The molecular weight excluding hydrogens is 230 g/mol. The minimum absolute atomic E-state index is 0.419. The monoisotopic (exact) mass is 253 g/mol. The Kier molecular flexibility index (Phi) is 9.93. The molecule has 1 rings (SSSR count). The summed E-state index contributed by atoms with van der Waals surface area (Å²) in [5.41, 5.74) is 5.39. The predicted molar refractivity (Wildman–Crippen MR) is 70.9 cm³/mol.